The molecular formula is C29H32FN3O4. The van der Waals surface area contributed by atoms with Crippen LogP contribution in [0.4, 0.5) is 14.9 Å². The van der Waals surface area contributed by atoms with E-state index in [2.05, 4.69) is 10.6 Å². The largest absolute Gasteiger partial charge is 0.494 e. The second kappa shape index (κ2) is 12.2. The summed E-state index contributed by atoms with van der Waals surface area (Å²) in [5.41, 5.74) is 2.62. The summed E-state index contributed by atoms with van der Waals surface area (Å²) in [5.74, 6) is -2.28. The molecule has 4 rings (SSSR count). The smallest absolute Gasteiger partial charge is 0.325 e. The van der Waals surface area contributed by atoms with Crippen molar-refractivity contribution in [2.24, 2.45) is 0 Å². The number of imide groups is 1. The minimum Gasteiger partial charge on any atom is -0.494 e. The molecule has 0 bridgehead atoms. The SMILES string of the molecule is CC.COc1ccc(C2NC(=O)N(C(C(=O)Nc3ccc(C)cc3)C(C)c3ccccc3)C2=O)cc1F. The number of carbonyl (C=O) groups excluding carboxylic acids is 3. The molecule has 3 aromatic carbocycles. The Balaban J connectivity index is 0.00000186. The Morgan fingerprint density at radius 3 is 2.27 bits per heavy atom. The molecule has 7 nitrogen and oxygen atoms in total. The summed E-state index contributed by atoms with van der Waals surface area (Å²) in [6.45, 7) is 7.72. The standard InChI is InChI=1S/C27H26FN3O4.C2H6/c1-16-9-12-20(13-10-16)29-25(32)24(17(2)18-7-5-4-6-8-18)31-26(33)23(30-27(31)34)19-11-14-22(35-3)21(28)15-19;1-2/h4-15,17,23-24H,1-3H3,(H,29,32)(H,30,34);1-2H3. The van der Waals surface area contributed by atoms with E-state index in [0.717, 1.165) is 22.1 Å². The monoisotopic (exact) mass is 505 g/mol. The zero-order valence-corrected chi connectivity index (χ0v) is 21.6. The molecule has 194 valence electrons. The number of hydrogen-bond donors (Lipinski definition) is 2. The maximum Gasteiger partial charge on any atom is 0.325 e. The molecule has 4 amide bonds. The molecule has 2 N–H and O–H groups in total. The first kappa shape index (κ1) is 27.4. The van der Waals surface area contributed by atoms with Crippen molar-refractivity contribution in [3.05, 3.63) is 95.3 Å². The number of methoxy groups -OCH3 is 1. The van der Waals surface area contributed by atoms with Crippen LogP contribution in [0.15, 0.2) is 72.8 Å². The molecule has 1 heterocycles. The quantitative estimate of drug-likeness (QED) is 0.411. The Hall–Kier alpha value is -4.20. The van der Waals surface area contributed by atoms with Gasteiger partial charge in [0.25, 0.3) is 5.91 Å². The molecule has 3 unspecified atom stereocenters. The molecule has 37 heavy (non-hydrogen) atoms. The maximum absolute atomic E-state index is 14.3. The number of ether oxygens (including phenoxy) is 1. The van der Waals surface area contributed by atoms with Crippen LogP contribution in [0.25, 0.3) is 0 Å². The summed E-state index contributed by atoms with van der Waals surface area (Å²) in [5, 5.41) is 5.43. The van der Waals surface area contributed by atoms with E-state index in [1.54, 1.807) is 19.1 Å². The Labute approximate surface area is 216 Å². The topological polar surface area (TPSA) is 87.7 Å². The van der Waals surface area contributed by atoms with Gasteiger partial charge < -0.3 is 15.4 Å². The van der Waals surface area contributed by atoms with Crippen molar-refractivity contribution in [1.29, 1.82) is 0 Å². The highest BCUT2D eigenvalue weighted by Gasteiger charge is 2.47. The molecule has 8 heteroatoms. The molecule has 0 saturated carbocycles. The number of hydrogen-bond acceptors (Lipinski definition) is 4. The highest BCUT2D eigenvalue weighted by Crippen LogP contribution is 2.32. The highest BCUT2D eigenvalue weighted by atomic mass is 19.1. The number of benzene rings is 3. The average molecular weight is 506 g/mol. The first-order valence-corrected chi connectivity index (χ1v) is 12.2. The van der Waals surface area contributed by atoms with Gasteiger partial charge in [-0.2, -0.15) is 0 Å². The number of nitrogens with one attached hydrogen (secondary N) is 2. The van der Waals surface area contributed by atoms with Gasteiger partial charge in [0, 0.05) is 11.6 Å². The third-order valence-corrected chi connectivity index (χ3v) is 6.15. The van der Waals surface area contributed by atoms with Crippen molar-refractivity contribution in [2.45, 2.75) is 45.7 Å². The molecule has 1 saturated heterocycles. The number of carbonyl (C=O) groups is 3. The second-order valence-electron chi connectivity index (χ2n) is 8.48. The lowest BCUT2D eigenvalue weighted by molar-refractivity contribution is -0.134. The van der Waals surface area contributed by atoms with Crippen molar-refractivity contribution in [3.8, 4) is 5.75 Å². The predicted octanol–water partition coefficient (Wildman–Crippen LogP) is 5.57. The molecule has 0 radical (unpaired) electrons. The van der Waals surface area contributed by atoms with Gasteiger partial charge in [-0.05, 0) is 42.3 Å². The summed E-state index contributed by atoms with van der Waals surface area (Å²) in [6, 6.07) is 17.5. The molecule has 1 aliphatic rings. The summed E-state index contributed by atoms with van der Waals surface area (Å²) >= 11 is 0. The third-order valence-electron chi connectivity index (χ3n) is 6.15. The summed E-state index contributed by atoms with van der Waals surface area (Å²) in [6.07, 6.45) is 0. The summed E-state index contributed by atoms with van der Waals surface area (Å²) < 4.78 is 19.2. The lowest BCUT2D eigenvalue weighted by Gasteiger charge is -2.30. The van der Waals surface area contributed by atoms with Crippen molar-refractivity contribution >= 4 is 23.5 Å². The molecular weight excluding hydrogens is 473 g/mol. The zero-order valence-electron chi connectivity index (χ0n) is 21.6. The number of nitrogens with zero attached hydrogens (tertiary/aromatic N) is 1. The van der Waals surface area contributed by atoms with Gasteiger partial charge in [-0.3, -0.25) is 9.59 Å². The van der Waals surface area contributed by atoms with Gasteiger partial charge in [-0.15, -0.1) is 0 Å². The van der Waals surface area contributed by atoms with Crippen molar-refractivity contribution < 1.29 is 23.5 Å². The van der Waals surface area contributed by atoms with Gasteiger partial charge in [-0.1, -0.05) is 74.9 Å². The third kappa shape index (κ3) is 5.97. The van der Waals surface area contributed by atoms with Crippen LogP contribution in [-0.4, -0.2) is 35.9 Å². The number of amides is 4. The fraction of sp³-hybridized carbons (Fsp3) is 0.276. The molecule has 3 atom stereocenters. The number of halogens is 1. The van der Waals surface area contributed by atoms with Crippen LogP contribution in [0.1, 0.15) is 49.4 Å². The van der Waals surface area contributed by atoms with Crippen molar-refractivity contribution in [3.63, 3.8) is 0 Å². The van der Waals surface area contributed by atoms with Crippen LogP contribution in [0, 0.1) is 12.7 Å². The first-order valence-electron chi connectivity index (χ1n) is 12.2. The second-order valence-corrected chi connectivity index (χ2v) is 8.48. The van der Waals surface area contributed by atoms with E-state index in [1.807, 2.05) is 63.2 Å². The number of rotatable bonds is 7. The van der Waals surface area contributed by atoms with Gasteiger partial charge in [0.1, 0.15) is 12.1 Å². The Kier molecular flexibility index (Phi) is 9.00. The predicted molar refractivity (Wildman–Crippen MR) is 141 cm³/mol. The van der Waals surface area contributed by atoms with Gasteiger partial charge >= 0.3 is 6.03 Å². The van der Waals surface area contributed by atoms with E-state index in [-0.39, 0.29) is 11.3 Å². The zero-order chi connectivity index (χ0) is 27.1. The number of anilines is 1. The molecule has 0 aromatic heterocycles. The molecule has 1 aliphatic heterocycles. The molecule has 0 aliphatic carbocycles. The van der Waals surface area contributed by atoms with Gasteiger partial charge in [-0.25, -0.2) is 14.1 Å². The van der Waals surface area contributed by atoms with Crippen molar-refractivity contribution in [1.82, 2.24) is 10.2 Å². The van der Waals surface area contributed by atoms with Gasteiger partial charge in [0.15, 0.2) is 11.6 Å². The maximum atomic E-state index is 14.3. The van der Waals surface area contributed by atoms with Gasteiger partial charge in [0.05, 0.1) is 7.11 Å². The highest BCUT2D eigenvalue weighted by molar-refractivity contribution is 6.09. The van der Waals surface area contributed by atoms with Crippen LogP contribution in [-0.2, 0) is 9.59 Å². The molecule has 3 aromatic rings. The molecule has 1 fully saturated rings. The fourth-order valence-corrected chi connectivity index (χ4v) is 4.21. The van der Waals surface area contributed by atoms with E-state index in [1.165, 1.54) is 19.2 Å². The minimum absolute atomic E-state index is 0.0235. The lowest BCUT2D eigenvalue weighted by atomic mass is 9.91. The van der Waals surface area contributed by atoms with Crippen LogP contribution < -0.4 is 15.4 Å². The summed E-state index contributed by atoms with van der Waals surface area (Å²) in [4.78, 5) is 41.0. The summed E-state index contributed by atoms with van der Waals surface area (Å²) in [7, 11) is 1.34. The Morgan fingerprint density at radius 1 is 1.03 bits per heavy atom. The fourth-order valence-electron chi connectivity index (χ4n) is 4.21. The van der Waals surface area contributed by atoms with Crippen LogP contribution in [0.3, 0.4) is 0 Å². The van der Waals surface area contributed by atoms with E-state index in [0.29, 0.717) is 5.69 Å². The first-order chi connectivity index (χ1) is 17.8. The van der Waals surface area contributed by atoms with E-state index in [9.17, 15) is 18.8 Å². The Bertz CT molecular complexity index is 1250. The van der Waals surface area contributed by atoms with Crippen molar-refractivity contribution in [2.75, 3.05) is 12.4 Å². The van der Waals surface area contributed by atoms with Gasteiger partial charge in [0.2, 0.25) is 5.91 Å². The van der Waals surface area contributed by atoms with Crippen LogP contribution in [0.2, 0.25) is 0 Å². The van der Waals surface area contributed by atoms with Crippen LogP contribution >= 0.6 is 0 Å². The minimum atomic E-state index is -1.14. The van der Waals surface area contributed by atoms with E-state index in [4.69, 9.17) is 4.74 Å². The van der Waals surface area contributed by atoms with E-state index < -0.39 is 41.7 Å². The average Bonchev–Trinajstić information content (AvgIpc) is 3.20. The van der Waals surface area contributed by atoms with E-state index >= 15 is 0 Å². The normalized spacial score (nSPS) is 16.3. The lowest BCUT2D eigenvalue weighted by Crippen LogP contribution is -2.50. The molecule has 0 spiro atoms. The Morgan fingerprint density at radius 2 is 1.68 bits per heavy atom. The number of urea groups is 1. The number of aryl methyl sites for hydroxylation is 1. The van der Waals surface area contributed by atoms with Crippen LogP contribution in [0.5, 0.6) is 5.75 Å².